The Kier molecular flexibility index (Phi) is 3.54. The quantitative estimate of drug-likeness (QED) is 0.772. The van der Waals surface area contributed by atoms with E-state index in [2.05, 4.69) is 10.2 Å². The minimum atomic E-state index is -0.783. The van der Waals surface area contributed by atoms with Gasteiger partial charge in [0.05, 0.1) is 11.8 Å². The number of carboxylic acid groups (broad SMARTS) is 1. The number of aromatic nitrogens is 2. The predicted octanol–water partition coefficient (Wildman–Crippen LogP) is 2.13. The Morgan fingerprint density at radius 1 is 1.35 bits per heavy atom. The molecule has 2 aromatic heterocycles. The molecule has 2 rings (SSSR count). The Balaban J connectivity index is 1.84. The topological polar surface area (TPSA) is 89.4 Å². The van der Waals surface area contributed by atoms with Crippen LogP contribution in [-0.2, 0) is 11.2 Å². The fourth-order valence-electron chi connectivity index (χ4n) is 1.41. The van der Waals surface area contributed by atoms with Gasteiger partial charge in [0.2, 0.25) is 5.89 Å². The molecule has 0 amide bonds. The van der Waals surface area contributed by atoms with Gasteiger partial charge >= 0.3 is 5.97 Å². The largest absolute Gasteiger partial charge is 0.481 e. The highest BCUT2D eigenvalue weighted by Crippen LogP contribution is 2.18. The van der Waals surface area contributed by atoms with Gasteiger partial charge in [0.25, 0.3) is 5.89 Å². The van der Waals surface area contributed by atoms with Gasteiger partial charge in [0, 0.05) is 12.8 Å². The Labute approximate surface area is 97.3 Å². The van der Waals surface area contributed by atoms with E-state index < -0.39 is 5.97 Å². The van der Waals surface area contributed by atoms with Crippen LogP contribution in [0.15, 0.2) is 27.4 Å². The number of aliphatic carboxylic acids is 1. The van der Waals surface area contributed by atoms with E-state index in [-0.39, 0.29) is 6.42 Å². The third-order valence-electron chi connectivity index (χ3n) is 2.27. The molecule has 0 fully saturated rings. The van der Waals surface area contributed by atoms with Gasteiger partial charge in [-0.1, -0.05) is 0 Å². The van der Waals surface area contributed by atoms with Gasteiger partial charge in [-0.25, -0.2) is 0 Å². The molecule has 90 valence electrons. The number of unbranched alkanes of at least 4 members (excludes halogenated alkanes) is 1. The Morgan fingerprint density at radius 2 is 2.24 bits per heavy atom. The zero-order valence-electron chi connectivity index (χ0n) is 9.13. The minimum absolute atomic E-state index is 0.169. The third-order valence-corrected chi connectivity index (χ3v) is 2.27. The van der Waals surface area contributed by atoms with Crippen molar-refractivity contribution in [2.45, 2.75) is 25.7 Å². The van der Waals surface area contributed by atoms with Crippen molar-refractivity contribution in [1.82, 2.24) is 10.2 Å². The van der Waals surface area contributed by atoms with Crippen molar-refractivity contribution in [2.24, 2.45) is 0 Å². The van der Waals surface area contributed by atoms with Crippen molar-refractivity contribution < 1.29 is 18.7 Å². The zero-order valence-corrected chi connectivity index (χ0v) is 9.13. The van der Waals surface area contributed by atoms with E-state index in [1.165, 1.54) is 12.5 Å². The molecule has 1 N–H and O–H groups in total. The lowest BCUT2D eigenvalue weighted by Gasteiger charge is -1.93. The van der Waals surface area contributed by atoms with Crippen LogP contribution in [0.1, 0.15) is 25.2 Å². The van der Waals surface area contributed by atoms with Crippen LogP contribution < -0.4 is 0 Å². The summed E-state index contributed by atoms with van der Waals surface area (Å²) in [7, 11) is 0. The summed E-state index contributed by atoms with van der Waals surface area (Å²) in [6.07, 6.45) is 5.16. The molecule has 0 aromatic carbocycles. The van der Waals surface area contributed by atoms with Crippen molar-refractivity contribution in [3.8, 4) is 11.5 Å². The van der Waals surface area contributed by atoms with Crippen LogP contribution in [-0.4, -0.2) is 21.3 Å². The number of hydrogen-bond acceptors (Lipinski definition) is 5. The van der Waals surface area contributed by atoms with Crippen LogP contribution in [0.3, 0.4) is 0 Å². The highest BCUT2D eigenvalue weighted by atomic mass is 16.4. The molecule has 6 nitrogen and oxygen atoms in total. The molecule has 0 atom stereocenters. The molecule has 0 aliphatic carbocycles. The van der Waals surface area contributed by atoms with Gasteiger partial charge in [0.1, 0.15) is 6.26 Å². The molecule has 0 aliphatic heterocycles. The van der Waals surface area contributed by atoms with E-state index in [9.17, 15) is 4.79 Å². The van der Waals surface area contributed by atoms with Crippen LogP contribution in [0, 0.1) is 0 Å². The van der Waals surface area contributed by atoms with Gasteiger partial charge in [-0.2, -0.15) is 0 Å². The smallest absolute Gasteiger partial charge is 0.303 e. The number of nitrogens with zero attached hydrogens (tertiary/aromatic N) is 2. The molecule has 0 aliphatic rings. The van der Waals surface area contributed by atoms with Crippen molar-refractivity contribution in [1.29, 1.82) is 0 Å². The molecule has 2 aromatic rings. The van der Waals surface area contributed by atoms with E-state index in [4.69, 9.17) is 13.9 Å². The zero-order chi connectivity index (χ0) is 12.1. The second-order valence-electron chi connectivity index (χ2n) is 3.61. The van der Waals surface area contributed by atoms with Crippen LogP contribution in [0.4, 0.5) is 0 Å². The lowest BCUT2D eigenvalue weighted by Crippen LogP contribution is -1.95. The highest BCUT2D eigenvalue weighted by molar-refractivity contribution is 5.66. The molecule has 0 spiro atoms. The first-order valence-corrected chi connectivity index (χ1v) is 5.32. The molecular weight excluding hydrogens is 224 g/mol. The average molecular weight is 236 g/mol. The number of carboxylic acids is 1. The first-order chi connectivity index (χ1) is 8.25. The highest BCUT2D eigenvalue weighted by Gasteiger charge is 2.09. The Bertz CT molecular complexity index is 475. The lowest BCUT2D eigenvalue weighted by atomic mass is 10.2. The summed E-state index contributed by atoms with van der Waals surface area (Å²) in [5, 5.41) is 16.2. The molecule has 0 radical (unpaired) electrons. The van der Waals surface area contributed by atoms with Crippen LogP contribution in [0.5, 0.6) is 0 Å². The Morgan fingerprint density at radius 3 is 2.94 bits per heavy atom. The minimum Gasteiger partial charge on any atom is -0.481 e. The van der Waals surface area contributed by atoms with Crippen LogP contribution >= 0.6 is 0 Å². The number of carbonyl (C=O) groups is 1. The SMILES string of the molecule is O=C(O)CCCCc1nnc(-c2ccoc2)o1. The maximum absolute atomic E-state index is 10.3. The molecule has 6 heteroatoms. The van der Waals surface area contributed by atoms with Gasteiger partial charge < -0.3 is 13.9 Å². The fourth-order valence-corrected chi connectivity index (χ4v) is 1.41. The summed E-state index contributed by atoms with van der Waals surface area (Å²) < 4.78 is 10.3. The molecule has 0 saturated carbocycles. The van der Waals surface area contributed by atoms with Crippen molar-refractivity contribution in [3.05, 3.63) is 24.5 Å². The fraction of sp³-hybridized carbons (Fsp3) is 0.364. The van der Waals surface area contributed by atoms with Crippen LogP contribution in [0.2, 0.25) is 0 Å². The van der Waals surface area contributed by atoms with Gasteiger partial charge in [-0.15, -0.1) is 10.2 Å². The number of hydrogen-bond donors (Lipinski definition) is 1. The third kappa shape index (κ3) is 3.17. The van der Waals surface area contributed by atoms with Crippen LogP contribution in [0.25, 0.3) is 11.5 Å². The number of aryl methyl sites for hydroxylation is 1. The summed E-state index contributed by atoms with van der Waals surface area (Å²) >= 11 is 0. The number of furan rings is 1. The van der Waals surface area contributed by atoms with E-state index in [1.807, 2.05) is 0 Å². The molecular formula is C11H12N2O4. The normalized spacial score (nSPS) is 10.6. The molecule has 0 unspecified atom stereocenters. The van der Waals surface area contributed by atoms with Gasteiger partial charge in [-0.3, -0.25) is 4.79 Å². The van der Waals surface area contributed by atoms with Crippen molar-refractivity contribution >= 4 is 5.97 Å². The first kappa shape index (κ1) is 11.4. The first-order valence-electron chi connectivity index (χ1n) is 5.32. The molecule has 2 heterocycles. The summed E-state index contributed by atoms with van der Waals surface area (Å²) in [5.41, 5.74) is 0.745. The maximum Gasteiger partial charge on any atom is 0.303 e. The van der Waals surface area contributed by atoms with Gasteiger partial charge in [0.15, 0.2) is 0 Å². The second-order valence-corrected chi connectivity index (χ2v) is 3.61. The second kappa shape index (κ2) is 5.29. The standard InChI is InChI=1S/C11H12N2O4/c14-10(15)4-2-1-3-9-12-13-11(17-9)8-5-6-16-7-8/h5-7H,1-4H2,(H,14,15). The predicted molar refractivity (Wildman–Crippen MR) is 57.2 cm³/mol. The van der Waals surface area contributed by atoms with Gasteiger partial charge in [-0.05, 0) is 18.9 Å². The molecule has 17 heavy (non-hydrogen) atoms. The van der Waals surface area contributed by atoms with E-state index in [0.717, 1.165) is 12.0 Å². The summed E-state index contributed by atoms with van der Waals surface area (Å²) in [6.45, 7) is 0. The maximum atomic E-state index is 10.3. The molecule has 0 saturated heterocycles. The monoisotopic (exact) mass is 236 g/mol. The summed E-state index contributed by atoms with van der Waals surface area (Å²) in [6, 6.07) is 1.74. The summed E-state index contributed by atoms with van der Waals surface area (Å²) in [4.78, 5) is 10.3. The van der Waals surface area contributed by atoms with Crippen molar-refractivity contribution in [2.75, 3.05) is 0 Å². The lowest BCUT2D eigenvalue weighted by molar-refractivity contribution is -0.137. The number of rotatable bonds is 6. The van der Waals surface area contributed by atoms with E-state index in [1.54, 1.807) is 6.07 Å². The van der Waals surface area contributed by atoms with Crippen molar-refractivity contribution in [3.63, 3.8) is 0 Å². The van der Waals surface area contributed by atoms with E-state index in [0.29, 0.717) is 24.6 Å². The molecule has 0 bridgehead atoms. The van der Waals surface area contributed by atoms with E-state index >= 15 is 0 Å². The average Bonchev–Trinajstić information content (AvgIpc) is 2.94. The Hall–Kier alpha value is -2.11. The summed E-state index contributed by atoms with van der Waals surface area (Å²) in [5.74, 6) is 0.160.